The van der Waals surface area contributed by atoms with Crippen molar-refractivity contribution in [3.63, 3.8) is 0 Å². The van der Waals surface area contributed by atoms with E-state index in [0.29, 0.717) is 60.8 Å². The molecule has 4 rings (SSSR count). The first-order valence-electron chi connectivity index (χ1n) is 9.26. The highest BCUT2D eigenvalue weighted by atomic mass is 16.5. The molecule has 1 amide bonds. The number of nitrogens with zero attached hydrogens (tertiary/aromatic N) is 3. The Balaban J connectivity index is 1.41. The van der Waals surface area contributed by atoms with E-state index in [-0.39, 0.29) is 11.8 Å². The number of carbonyl (C=O) groups is 1. The van der Waals surface area contributed by atoms with E-state index in [9.17, 15) is 4.79 Å². The molecule has 8 heteroatoms. The topological polar surface area (TPSA) is 90.8 Å². The van der Waals surface area contributed by atoms with Crippen LogP contribution in [0.1, 0.15) is 36.0 Å². The van der Waals surface area contributed by atoms with E-state index in [4.69, 9.17) is 18.4 Å². The van der Waals surface area contributed by atoms with Gasteiger partial charge in [-0.15, -0.1) is 0 Å². The zero-order valence-electron chi connectivity index (χ0n) is 15.8. The van der Waals surface area contributed by atoms with E-state index in [1.54, 1.807) is 41.5 Å². The number of aromatic nitrogens is 2. The van der Waals surface area contributed by atoms with Gasteiger partial charge in [-0.2, -0.15) is 4.98 Å². The highest BCUT2D eigenvalue weighted by Crippen LogP contribution is 2.32. The number of rotatable bonds is 7. The lowest BCUT2D eigenvalue weighted by molar-refractivity contribution is 0.0568. The average Bonchev–Trinajstić information content (AvgIpc) is 3.34. The Morgan fingerprint density at radius 1 is 1.18 bits per heavy atom. The van der Waals surface area contributed by atoms with Crippen LogP contribution in [0.5, 0.6) is 11.5 Å². The van der Waals surface area contributed by atoms with Crippen LogP contribution < -0.4 is 9.47 Å². The number of hydrogen-bond acceptors (Lipinski definition) is 7. The van der Waals surface area contributed by atoms with Crippen molar-refractivity contribution in [1.29, 1.82) is 0 Å². The third-order valence-electron chi connectivity index (χ3n) is 4.49. The molecular weight excluding hydrogens is 362 g/mol. The van der Waals surface area contributed by atoms with Gasteiger partial charge in [0.1, 0.15) is 0 Å². The molecule has 0 aliphatic carbocycles. The zero-order valence-corrected chi connectivity index (χ0v) is 15.8. The predicted molar refractivity (Wildman–Crippen MR) is 99.4 cm³/mol. The van der Waals surface area contributed by atoms with E-state index in [1.807, 2.05) is 13.8 Å². The van der Waals surface area contributed by atoms with Gasteiger partial charge < -0.3 is 23.3 Å². The molecule has 0 spiro atoms. The standard InChI is InChI=1S/C20H21N3O5/c1-3-25-15-8-7-13(10-17(15)26-4-2)20(24)23-11-14(12-23)19-21-18(22-28-19)16-6-5-9-27-16/h5-10,14H,3-4,11-12H2,1-2H3. The van der Waals surface area contributed by atoms with Crippen molar-refractivity contribution in [3.05, 3.63) is 48.0 Å². The zero-order chi connectivity index (χ0) is 19.5. The molecule has 0 N–H and O–H groups in total. The molecule has 8 nitrogen and oxygen atoms in total. The third-order valence-corrected chi connectivity index (χ3v) is 4.49. The average molecular weight is 383 g/mol. The van der Waals surface area contributed by atoms with Gasteiger partial charge in [-0.25, -0.2) is 0 Å². The summed E-state index contributed by atoms with van der Waals surface area (Å²) in [6.07, 6.45) is 1.56. The van der Waals surface area contributed by atoms with Crippen molar-refractivity contribution in [1.82, 2.24) is 15.0 Å². The molecule has 0 radical (unpaired) electrons. The first kappa shape index (κ1) is 18.1. The molecule has 28 heavy (non-hydrogen) atoms. The molecule has 3 heterocycles. The minimum Gasteiger partial charge on any atom is -0.490 e. The molecule has 1 aliphatic heterocycles. The number of furan rings is 1. The van der Waals surface area contributed by atoms with Crippen LogP contribution in [0.4, 0.5) is 0 Å². The van der Waals surface area contributed by atoms with Gasteiger partial charge in [0.25, 0.3) is 5.91 Å². The summed E-state index contributed by atoms with van der Waals surface area (Å²) in [6.45, 7) is 5.88. The van der Waals surface area contributed by atoms with Crippen molar-refractivity contribution >= 4 is 5.91 Å². The first-order chi connectivity index (χ1) is 13.7. The van der Waals surface area contributed by atoms with Gasteiger partial charge in [0.2, 0.25) is 11.7 Å². The molecule has 1 aromatic carbocycles. The fraction of sp³-hybridized carbons (Fsp3) is 0.350. The lowest BCUT2D eigenvalue weighted by Crippen LogP contribution is -2.48. The largest absolute Gasteiger partial charge is 0.490 e. The Kier molecular flexibility index (Phi) is 5.01. The van der Waals surface area contributed by atoms with Gasteiger partial charge in [0.15, 0.2) is 17.3 Å². The second kappa shape index (κ2) is 7.75. The summed E-state index contributed by atoms with van der Waals surface area (Å²) in [6, 6.07) is 8.79. The Morgan fingerprint density at radius 3 is 2.68 bits per heavy atom. The van der Waals surface area contributed by atoms with E-state index >= 15 is 0 Å². The molecular formula is C20H21N3O5. The first-order valence-corrected chi connectivity index (χ1v) is 9.26. The lowest BCUT2D eigenvalue weighted by atomic mass is 9.98. The van der Waals surface area contributed by atoms with Crippen LogP contribution in [0.25, 0.3) is 11.6 Å². The van der Waals surface area contributed by atoms with Crippen LogP contribution in [0.15, 0.2) is 45.5 Å². The number of hydrogen-bond donors (Lipinski definition) is 0. The summed E-state index contributed by atoms with van der Waals surface area (Å²) >= 11 is 0. The second-order valence-electron chi connectivity index (χ2n) is 6.37. The number of carbonyl (C=O) groups excluding carboxylic acids is 1. The summed E-state index contributed by atoms with van der Waals surface area (Å²) < 4.78 is 21.7. The van der Waals surface area contributed by atoms with Crippen molar-refractivity contribution in [2.75, 3.05) is 26.3 Å². The SMILES string of the molecule is CCOc1ccc(C(=O)N2CC(c3nc(-c4ccco4)no3)C2)cc1OCC. The van der Waals surface area contributed by atoms with E-state index in [2.05, 4.69) is 10.1 Å². The van der Waals surface area contributed by atoms with E-state index in [0.717, 1.165) is 0 Å². The number of ether oxygens (including phenoxy) is 2. The number of likely N-dealkylation sites (tertiary alicyclic amines) is 1. The van der Waals surface area contributed by atoms with Crippen molar-refractivity contribution in [2.45, 2.75) is 19.8 Å². The Labute approximate surface area is 162 Å². The molecule has 0 saturated carbocycles. The normalized spacial score (nSPS) is 14.0. The maximum Gasteiger partial charge on any atom is 0.254 e. The minimum absolute atomic E-state index is 0.0224. The summed E-state index contributed by atoms with van der Waals surface area (Å²) in [5.41, 5.74) is 0.562. The van der Waals surface area contributed by atoms with Gasteiger partial charge >= 0.3 is 0 Å². The Morgan fingerprint density at radius 2 is 1.96 bits per heavy atom. The molecule has 3 aromatic rings. The van der Waals surface area contributed by atoms with Crippen LogP contribution in [0.2, 0.25) is 0 Å². The Hall–Kier alpha value is -3.29. The van der Waals surface area contributed by atoms with Gasteiger partial charge in [-0.05, 0) is 44.2 Å². The van der Waals surface area contributed by atoms with Crippen molar-refractivity contribution in [2.24, 2.45) is 0 Å². The molecule has 0 unspecified atom stereocenters. The molecule has 2 aromatic heterocycles. The minimum atomic E-state index is -0.0639. The molecule has 1 fully saturated rings. The summed E-state index contributed by atoms with van der Waals surface area (Å²) in [5, 5.41) is 3.94. The fourth-order valence-corrected chi connectivity index (χ4v) is 3.07. The molecule has 0 bridgehead atoms. The van der Waals surface area contributed by atoms with Crippen LogP contribution in [0.3, 0.4) is 0 Å². The van der Waals surface area contributed by atoms with Crippen LogP contribution >= 0.6 is 0 Å². The van der Waals surface area contributed by atoms with Gasteiger partial charge in [-0.3, -0.25) is 4.79 Å². The number of amides is 1. The molecule has 1 saturated heterocycles. The van der Waals surface area contributed by atoms with Crippen LogP contribution in [-0.4, -0.2) is 47.3 Å². The fourth-order valence-electron chi connectivity index (χ4n) is 3.07. The van der Waals surface area contributed by atoms with Crippen molar-refractivity contribution < 1.29 is 23.2 Å². The highest BCUT2D eigenvalue weighted by Gasteiger charge is 2.36. The summed E-state index contributed by atoms with van der Waals surface area (Å²) in [4.78, 5) is 18.9. The van der Waals surface area contributed by atoms with Crippen molar-refractivity contribution in [3.8, 4) is 23.1 Å². The van der Waals surface area contributed by atoms with Crippen LogP contribution in [-0.2, 0) is 0 Å². The summed E-state index contributed by atoms with van der Waals surface area (Å²) in [5.74, 6) is 2.65. The maximum absolute atomic E-state index is 12.8. The highest BCUT2D eigenvalue weighted by molar-refractivity contribution is 5.95. The predicted octanol–water partition coefficient (Wildman–Crippen LogP) is 3.37. The molecule has 1 aliphatic rings. The van der Waals surface area contributed by atoms with Gasteiger partial charge in [0, 0.05) is 18.7 Å². The molecule has 146 valence electrons. The number of benzene rings is 1. The monoisotopic (exact) mass is 383 g/mol. The summed E-state index contributed by atoms with van der Waals surface area (Å²) in [7, 11) is 0. The van der Waals surface area contributed by atoms with Gasteiger partial charge in [-0.1, -0.05) is 5.16 Å². The van der Waals surface area contributed by atoms with Gasteiger partial charge in [0.05, 0.1) is 25.4 Å². The third kappa shape index (κ3) is 3.45. The molecule has 0 atom stereocenters. The quantitative estimate of drug-likeness (QED) is 0.618. The lowest BCUT2D eigenvalue weighted by Gasteiger charge is -2.37. The Bertz CT molecular complexity index is 945. The van der Waals surface area contributed by atoms with E-state index in [1.165, 1.54) is 0 Å². The van der Waals surface area contributed by atoms with E-state index < -0.39 is 0 Å². The smallest absolute Gasteiger partial charge is 0.254 e. The maximum atomic E-state index is 12.8. The second-order valence-corrected chi connectivity index (χ2v) is 6.37. The van der Waals surface area contributed by atoms with Crippen LogP contribution in [0, 0.1) is 0 Å².